The topological polar surface area (TPSA) is 76.8 Å². The van der Waals surface area contributed by atoms with Crippen LogP contribution in [0.15, 0.2) is 24.8 Å². The highest BCUT2D eigenvalue weighted by molar-refractivity contribution is 5.92. The van der Waals surface area contributed by atoms with E-state index in [1.54, 1.807) is 28.3 Å². The second kappa shape index (κ2) is 4.75. The number of likely N-dealkylation sites (tertiary alicyclic amines) is 1. The number of rotatable bonds is 2. The quantitative estimate of drug-likeness (QED) is 0.782. The largest absolute Gasteiger partial charge is 0.335 e. The second-order valence-corrected chi connectivity index (χ2v) is 4.59. The Bertz CT molecular complexity index is 564. The molecule has 2 aromatic heterocycles. The molecule has 3 heterocycles. The Labute approximate surface area is 110 Å². The molecule has 19 heavy (non-hydrogen) atoms. The van der Waals surface area contributed by atoms with Gasteiger partial charge in [-0.3, -0.25) is 9.78 Å². The molecule has 0 aromatic carbocycles. The number of aromatic nitrogens is 5. The van der Waals surface area contributed by atoms with Crippen LogP contribution in [0.2, 0.25) is 0 Å². The third kappa shape index (κ3) is 2.31. The van der Waals surface area contributed by atoms with Crippen LogP contribution in [-0.2, 0) is 0 Å². The smallest absolute Gasteiger partial charge is 0.274 e. The van der Waals surface area contributed by atoms with Crippen molar-refractivity contribution < 1.29 is 4.79 Å². The van der Waals surface area contributed by atoms with Crippen molar-refractivity contribution in [1.82, 2.24) is 29.9 Å². The number of hydrogen-bond acceptors (Lipinski definition) is 5. The van der Waals surface area contributed by atoms with Crippen LogP contribution in [0.4, 0.5) is 0 Å². The lowest BCUT2D eigenvalue weighted by Gasteiger charge is -2.15. The van der Waals surface area contributed by atoms with Gasteiger partial charge in [0.25, 0.3) is 5.91 Å². The lowest BCUT2D eigenvalue weighted by molar-refractivity contribution is 0.0780. The zero-order chi connectivity index (χ0) is 13.2. The van der Waals surface area contributed by atoms with Crippen molar-refractivity contribution in [3.63, 3.8) is 0 Å². The lowest BCUT2D eigenvalue weighted by Crippen LogP contribution is -2.30. The van der Waals surface area contributed by atoms with Gasteiger partial charge in [0, 0.05) is 19.3 Å². The summed E-state index contributed by atoms with van der Waals surface area (Å²) in [6, 6.07) is 0.150. The highest BCUT2D eigenvalue weighted by atomic mass is 16.2. The fourth-order valence-corrected chi connectivity index (χ4v) is 2.19. The van der Waals surface area contributed by atoms with Crippen molar-refractivity contribution in [2.24, 2.45) is 0 Å². The summed E-state index contributed by atoms with van der Waals surface area (Å²) < 4.78 is 0. The maximum atomic E-state index is 12.2. The molecule has 1 amide bonds. The van der Waals surface area contributed by atoms with Gasteiger partial charge < -0.3 is 4.90 Å². The zero-order valence-corrected chi connectivity index (χ0v) is 10.6. The van der Waals surface area contributed by atoms with Gasteiger partial charge in [0.2, 0.25) is 0 Å². The molecule has 1 saturated heterocycles. The van der Waals surface area contributed by atoms with Gasteiger partial charge in [0.05, 0.1) is 30.3 Å². The zero-order valence-electron chi connectivity index (χ0n) is 10.6. The summed E-state index contributed by atoms with van der Waals surface area (Å²) in [5.41, 5.74) is 1.19. The normalized spacial score (nSPS) is 18.8. The molecule has 0 spiro atoms. The van der Waals surface area contributed by atoms with Gasteiger partial charge in [-0.2, -0.15) is 15.0 Å². The van der Waals surface area contributed by atoms with Crippen molar-refractivity contribution >= 4 is 5.91 Å². The molecule has 0 radical (unpaired) electrons. The first kappa shape index (κ1) is 11.8. The Morgan fingerprint density at radius 3 is 2.74 bits per heavy atom. The van der Waals surface area contributed by atoms with Crippen molar-refractivity contribution in [1.29, 1.82) is 0 Å². The van der Waals surface area contributed by atoms with Crippen LogP contribution in [0.3, 0.4) is 0 Å². The lowest BCUT2D eigenvalue weighted by atomic mass is 10.3. The van der Waals surface area contributed by atoms with Crippen molar-refractivity contribution in [2.75, 3.05) is 13.1 Å². The van der Waals surface area contributed by atoms with Gasteiger partial charge >= 0.3 is 0 Å². The molecule has 7 heteroatoms. The third-order valence-electron chi connectivity index (χ3n) is 3.21. The maximum absolute atomic E-state index is 12.2. The van der Waals surface area contributed by atoms with E-state index in [1.165, 1.54) is 6.20 Å². The minimum absolute atomic E-state index is 0.0813. The SMILES string of the molecule is Cc1cnc(C(=O)N2CCC(n3nccn3)C2)cn1. The molecular weight excluding hydrogens is 244 g/mol. The predicted octanol–water partition coefficient (Wildman–Crippen LogP) is 0.464. The number of amides is 1. The molecular formula is C12H14N6O. The summed E-state index contributed by atoms with van der Waals surface area (Å²) >= 11 is 0. The standard InChI is InChI=1S/C12H14N6O/c1-9-6-14-11(7-13-9)12(19)17-5-2-10(8-17)18-15-3-4-16-18/h3-4,6-7,10H,2,5,8H2,1H3. The first-order chi connectivity index (χ1) is 9.24. The van der Waals surface area contributed by atoms with Crippen LogP contribution < -0.4 is 0 Å². The van der Waals surface area contributed by atoms with Crippen molar-refractivity contribution in [3.05, 3.63) is 36.2 Å². The van der Waals surface area contributed by atoms with Crippen molar-refractivity contribution in [2.45, 2.75) is 19.4 Å². The fraction of sp³-hybridized carbons (Fsp3) is 0.417. The van der Waals surface area contributed by atoms with Gasteiger partial charge in [-0.15, -0.1) is 0 Å². The van der Waals surface area contributed by atoms with E-state index in [-0.39, 0.29) is 11.9 Å². The van der Waals surface area contributed by atoms with Crippen LogP contribution in [-0.4, -0.2) is 48.9 Å². The van der Waals surface area contributed by atoms with E-state index in [1.807, 2.05) is 6.92 Å². The summed E-state index contributed by atoms with van der Waals surface area (Å²) in [5.74, 6) is -0.0813. The molecule has 1 aliphatic rings. The van der Waals surface area contributed by atoms with Crippen molar-refractivity contribution in [3.8, 4) is 0 Å². The fourth-order valence-electron chi connectivity index (χ4n) is 2.19. The molecule has 0 N–H and O–H groups in total. The van der Waals surface area contributed by atoms with E-state index in [0.717, 1.165) is 12.1 Å². The van der Waals surface area contributed by atoms with E-state index >= 15 is 0 Å². The summed E-state index contributed by atoms with van der Waals surface area (Å²) in [6.45, 7) is 3.15. The molecule has 1 aliphatic heterocycles. The number of nitrogens with zero attached hydrogens (tertiary/aromatic N) is 6. The molecule has 0 saturated carbocycles. The maximum Gasteiger partial charge on any atom is 0.274 e. The summed E-state index contributed by atoms with van der Waals surface area (Å²) in [4.78, 5) is 23.9. The van der Waals surface area contributed by atoms with Gasteiger partial charge in [-0.1, -0.05) is 0 Å². The number of hydrogen-bond donors (Lipinski definition) is 0. The monoisotopic (exact) mass is 258 g/mol. The Hall–Kier alpha value is -2.31. The van der Waals surface area contributed by atoms with E-state index in [0.29, 0.717) is 18.8 Å². The summed E-state index contributed by atoms with van der Waals surface area (Å²) in [6.07, 6.45) is 7.29. The van der Waals surface area contributed by atoms with Crippen LogP contribution >= 0.6 is 0 Å². The molecule has 3 rings (SSSR count). The van der Waals surface area contributed by atoms with Crippen LogP contribution in [0.25, 0.3) is 0 Å². The summed E-state index contributed by atoms with van der Waals surface area (Å²) in [7, 11) is 0. The number of carbonyl (C=O) groups excluding carboxylic acids is 1. The van der Waals surface area contributed by atoms with E-state index < -0.39 is 0 Å². The Morgan fingerprint density at radius 1 is 1.26 bits per heavy atom. The van der Waals surface area contributed by atoms with Crippen LogP contribution in [0, 0.1) is 6.92 Å². The molecule has 98 valence electrons. The molecule has 0 aliphatic carbocycles. The Balaban J connectivity index is 1.71. The highest BCUT2D eigenvalue weighted by Crippen LogP contribution is 2.20. The molecule has 1 atom stereocenters. The molecule has 1 fully saturated rings. The van der Waals surface area contributed by atoms with Gasteiger partial charge in [-0.05, 0) is 13.3 Å². The predicted molar refractivity (Wildman–Crippen MR) is 66.3 cm³/mol. The van der Waals surface area contributed by atoms with Gasteiger partial charge in [0.15, 0.2) is 0 Å². The third-order valence-corrected chi connectivity index (χ3v) is 3.21. The van der Waals surface area contributed by atoms with Gasteiger partial charge in [0.1, 0.15) is 5.69 Å². The van der Waals surface area contributed by atoms with E-state index in [9.17, 15) is 4.79 Å². The molecule has 2 aromatic rings. The first-order valence-corrected chi connectivity index (χ1v) is 6.18. The van der Waals surface area contributed by atoms with E-state index in [2.05, 4.69) is 20.2 Å². The van der Waals surface area contributed by atoms with Crippen LogP contribution in [0.5, 0.6) is 0 Å². The first-order valence-electron chi connectivity index (χ1n) is 6.18. The minimum Gasteiger partial charge on any atom is -0.335 e. The van der Waals surface area contributed by atoms with Gasteiger partial charge in [-0.25, -0.2) is 4.98 Å². The molecule has 0 bridgehead atoms. The minimum atomic E-state index is -0.0813. The average Bonchev–Trinajstić information content (AvgIpc) is 3.10. The highest BCUT2D eigenvalue weighted by Gasteiger charge is 2.29. The molecule has 1 unspecified atom stereocenters. The number of aryl methyl sites for hydroxylation is 1. The second-order valence-electron chi connectivity index (χ2n) is 4.59. The summed E-state index contributed by atoms with van der Waals surface area (Å²) in [5, 5.41) is 8.23. The van der Waals surface area contributed by atoms with Crippen LogP contribution in [0.1, 0.15) is 28.6 Å². The number of carbonyl (C=O) groups is 1. The average molecular weight is 258 g/mol. The Morgan fingerprint density at radius 2 is 2.05 bits per heavy atom. The molecule has 7 nitrogen and oxygen atoms in total. The Kier molecular flexibility index (Phi) is 2.94. The van der Waals surface area contributed by atoms with E-state index in [4.69, 9.17) is 0 Å².